The van der Waals surface area contributed by atoms with Gasteiger partial charge in [-0.3, -0.25) is 14.3 Å². The van der Waals surface area contributed by atoms with E-state index in [1.165, 1.54) is 32.8 Å². The van der Waals surface area contributed by atoms with Crippen LogP contribution in [0.2, 0.25) is 0 Å². The molecule has 9 atom stereocenters. The van der Waals surface area contributed by atoms with Gasteiger partial charge in [0.15, 0.2) is 11.5 Å². The van der Waals surface area contributed by atoms with Crippen LogP contribution in [0.5, 0.6) is 11.5 Å². The van der Waals surface area contributed by atoms with Crippen molar-refractivity contribution in [1.29, 1.82) is 0 Å². The van der Waals surface area contributed by atoms with E-state index < -0.39 is 20.3 Å². The Morgan fingerprint density at radius 2 is 1.59 bits per heavy atom. The van der Waals surface area contributed by atoms with E-state index in [9.17, 15) is 18.5 Å². The number of fused-ring (bicyclic) bond motifs is 9. The van der Waals surface area contributed by atoms with Crippen molar-refractivity contribution in [1.82, 2.24) is 0 Å². The molecule has 0 spiro atoms. The second kappa shape index (κ2) is 7.58. The van der Waals surface area contributed by atoms with Crippen molar-refractivity contribution in [2.24, 2.45) is 47.3 Å². The largest absolute Gasteiger partial charge is 0.493 e. The molecule has 4 bridgehead atoms. The van der Waals surface area contributed by atoms with Gasteiger partial charge in [0.2, 0.25) is 0 Å². The number of methoxy groups -OCH3 is 2. The maximum atomic E-state index is 13.2. The molecule has 9 unspecified atom stereocenters. The molecule has 0 heterocycles. The predicted molar refractivity (Wildman–Crippen MR) is 117 cm³/mol. The van der Waals surface area contributed by atoms with Gasteiger partial charge in [-0.1, -0.05) is 13.8 Å². The molecule has 4 aliphatic carbocycles. The van der Waals surface area contributed by atoms with Gasteiger partial charge in [-0.05, 0) is 72.7 Å². The van der Waals surface area contributed by atoms with Crippen molar-refractivity contribution < 1.29 is 27.0 Å². The Bertz CT molecular complexity index is 1040. The van der Waals surface area contributed by atoms with Gasteiger partial charge in [0, 0.05) is 0 Å². The SMILES string of the molecule is COc1cc(COS(=O)(=O)C2CC3CC2C2C4CC(C(C)C4C)C32)c([N+](=O)[O-])cc1OC. The van der Waals surface area contributed by atoms with Crippen LogP contribution in [0.1, 0.15) is 38.7 Å². The topological polar surface area (TPSA) is 105 Å². The minimum atomic E-state index is -3.85. The first-order chi connectivity index (χ1) is 15.2. The zero-order valence-electron chi connectivity index (χ0n) is 18.9. The molecule has 0 aliphatic heterocycles. The zero-order chi connectivity index (χ0) is 22.9. The molecule has 32 heavy (non-hydrogen) atoms. The van der Waals surface area contributed by atoms with Crippen LogP contribution in [0.25, 0.3) is 0 Å². The quantitative estimate of drug-likeness (QED) is 0.259. The molecular formula is C23H31NO7S. The van der Waals surface area contributed by atoms with E-state index in [0.29, 0.717) is 41.8 Å². The first kappa shape index (κ1) is 21.9. The van der Waals surface area contributed by atoms with Crippen LogP contribution >= 0.6 is 0 Å². The predicted octanol–water partition coefficient (Wildman–Crippen LogP) is 4.02. The molecular weight excluding hydrogens is 434 g/mol. The summed E-state index contributed by atoms with van der Waals surface area (Å²) in [6.45, 7) is 4.30. The van der Waals surface area contributed by atoms with Crippen molar-refractivity contribution in [2.45, 2.75) is 45.0 Å². The van der Waals surface area contributed by atoms with E-state index in [2.05, 4.69) is 13.8 Å². The number of hydrogen-bond acceptors (Lipinski definition) is 7. The Hall–Kier alpha value is -1.87. The number of nitrogens with zero attached hydrogens (tertiary/aromatic N) is 1. The maximum Gasteiger partial charge on any atom is 0.278 e. The summed E-state index contributed by atoms with van der Waals surface area (Å²) in [5.41, 5.74) is -0.0959. The molecule has 4 fully saturated rings. The van der Waals surface area contributed by atoms with Gasteiger partial charge >= 0.3 is 0 Å². The Labute approximate surface area is 188 Å². The van der Waals surface area contributed by atoms with E-state index in [1.807, 2.05) is 0 Å². The Morgan fingerprint density at radius 3 is 2.22 bits per heavy atom. The fourth-order valence-corrected chi connectivity index (χ4v) is 9.60. The minimum Gasteiger partial charge on any atom is -0.493 e. The van der Waals surface area contributed by atoms with Crippen LogP contribution in [-0.4, -0.2) is 32.8 Å². The number of rotatable bonds is 7. The Kier molecular flexibility index (Phi) is 5.20. The summed E-state index contributed by atoms with van der Waals surface area (Å²) in [4.78, 5) is 11.0. The molecule has 176 valence electrons. The van der Waals surface area contributed by atoms with Crippen molar-refractivity contribution in [3.63, 3.8) is 0 Å². The highest BCUT2D eigenvalue weighted by Gasteiger charge is 2.67. The van der Waals surface area contributed by atoms with Crippen LogP contribution < -0.4 is 9.47 Å². The van der Waals surface area contributed by atoms with E-state index in [-0.39, 0.29) is 29.5 Å². The third-order valence-corrected chi connectivity index (χ3v) is 11.0. The molecule has 0 saturated heterocycles. The fourth-order valence-electron chi connectivity index (χ4n) is 7.93. The van der Waals surface area contributed by atoms with Crippen LogP contribution in [0.15, 0.2) is 12.1 Å². The number of hydrogen-bond donors (Lipinski definition) is 0. The number of benzene rings is 1. The summed E-state index contributed by atoms with van der Waals surface area (Å²) < 4.78 is 42.3. The molecule has 4 aliphatic rings. The summed E-state index contributed by atoms with van der Waals surface area (Å²) in [6, 6.07) is 2.66. The summed E-state index contributed by atoms with van der Waals surface area (Å²) in [7, 11) is -1.03. The minimum absolute atomic E-state index is 0.152. The molecule has 8 nitrogen and oxygen atoms in total. The number of nitro benzene ring substituents is 1. The fraction of sp³-hybridized carbons (Fsp3) is 0.739. The second-order valence-corrected chi connectivity index (χ2v) is 12.0. The molecule has 5 rings (SSSR count). The highest BCUT2D eigenvalue weighted by molar-refractivity contribution is 7.87. The maximum absolute atomic E-state index is 13.2. The van der Waals surface area contributed by atoms with E-state index in [4.69, 9.17) is 13.7 Å². The standard InChI is InChI=1S/C23H31NO7S/c1-11-12(2)16-8-15(11)22-13-5-17(23(16)22)21(7-13)32(27,28)31-10-14-6-19(29-3)20(30-4)9-18(14)24(25)26/h6,9,11-13,15-17,21-23H,5,7-8,10H2,1-4H3. The molecule has 0 aromatic heterocycles. The van der Waals surface area contributed by atoms with Crippen LogP contribution in [-0.2, 0) is 20.9 Å². The molecule has 0 N–H and O–H groups in total. The Balaban J connectivity index is 1.35. The van der Waals surface area contributed by atoms with E-state index >= 15 is 0 Å². The van der Waals surface area contributed by atoms with Gasteiger partial charge in [0.25, 0.3) is 15.8 Å². The molecule has 1 aromatic carbocycles. The average Bonchev–Trinajstić information content (AvgIpc) is 3.51. The van der Waals surface area contributed by atoms with E-state index in [0.717, 1.165) is 18.3 Å². The van der Waals surface area contributed by atoms with Crippen LogP contribution in [0.3, 0.4) is 0 Å². The molecule has 0 amide bonds. The van der Waals surface area contributed by atoms with E-state index in [1.54, 1.807) is 0 Å². The lowest BCUT2D eigenvalue weighted by molar-refractivity contribution is -0.385. The normalized spacial score (nSPS) is 39.3. The molecule has 0 radical (unpaired) electrons. The van der Waals surface area contributed by atoms with Crippen molar-refractivity contribution in [3.05, 3.63) is 27.8 Å². The van der Waals surface area contributed by atoms with Crippen molar-refractivity contribution >= 4 is 15.8 Å². The van der Waals surface area contributed by atoms with Gasteiger partial charge in [0.05, 0.1) is 42.6 Å². The lowest BCUT2D eigenvalue weighted by Crippen LogP contribution is -2.43. The van der Waals surface area contributed by atoms with Crippen molar-refractivity contribution in [3.8, 4) is 11.5 Å². The van der Waals surface area contributed by atoms with Crippen molar-refractivity contribution in [2.75, 3.05) is 14.2 Å². The average molecular weight is 466 g/mol. The van der Waals surface area contributed by atoms with Gasteiger partial charge in [-0.2, -0.15) is 8.42 Å². The number of ether oxygens (including phenoxy) is 2. The summed E-state index contributed by atoms with van der Waals surface area (Å²) in [5.74, 6) is 5.05. The highest BCUT2D eigenvalue weighted by atomic mass is 32.2. The monoisotopic (exact) mass is 465 g/mol. The van der Waals surface area contributed by atoms with Crippen LogP contribution in [0, 0.1) is 57.5 Å². The first-order valence-corrected chi connectivity index (χ1v) is 12.9. The lowest BCUT2D eigenvalue weighted by atomic mass is 9.64. The highest BCUT2D eigenvalue weighted by Crippen LogP contribution is 2.70. The Morgan fingerprint density at radius 1 is 0.969 bits per heavy atom. The first-order valence-electron chi connectivity index (χ1n) is 11.5. The lowest BCUT2D eigenvalue weighted by Gasteiger charge is -2.43. The number of nitro groups is 1. The summed E-state index contributed by atoms with van der Waals surface area (Å²) >= 11 is 0. The summed E-state index contributed by atoms with van der Waals surface area (Å²) in [5, 5.41) is 11.0. The van der Waals surface area contributed by atoms with Gasteiger partial charge < -0.3 is 9.47 Å². The molecule has 4 saturated carbocycles. The van der Waals surface area contributed by atoms with Gasteiger partial charge in [0.1, 0.15) is 0 Å². The second-order valence-electron chi connectivity index (χ2n) is 10.2. The van der Waals surface area contributed by atoms with Gasteiger partial charge in [-0.15, -0.1) is 0 Å². The third-order valence-electron chi connectivity index (χ3n) is 9.31. The smallest absolute Gasteiger partial charge is 0.278 e. The third kappa shape index (κ3) is 3.07. The molecule has 1 aromatic rings. The van der Waals surface area contributed by atoms with Crippen LogP contribution in [0.4, 0.5) is 5.69 Å². The van der Waals surface area contributed by atoms with Gasteiger partial charge in [-0.25, -0.2) is 0 Å². The summed E-state index contributed by atoms with van der Waals surface area (Å²) in [6.07, 6.45) is 2.88. The molecule has 9 heteroatoms. The zero-order valence-corrected chi connectivity index (χ0v) is 19.7.